The van der Waals surface area contributed by atoms with E-state index < -0.39 is 54.3 Å². The van der Waals surface area contributed by atoms with Crippen molar-refractivity contribution in [2.24, 2.45) is 28.6 Å². The van der Waals surface area contributed by atoms with Crippen LogP contribution in [0.1, 0.15) is 87.5 Å². The van der Waals surface area contributed by atoms with E-state index >= 15 is 0 Å². The Morgan fingerprint density at radius 2 is 1.85 bits per heavy atom. The first-order valence-corrected chi connectivity index (χ1v) is 14.7. The third-order valence-corrected chi connectivity index (χ3v) is 10.1. The zero-order valence-corrected chi connectivity index (χ0v) is 25.1. The van der Waals surface area contributed by atoms with Gasteiger partial charge in [-0.15, -0.1) is 0 Å². The first-order valence-electron chi connectivity index (χ1n) is 14.7. The molecule has 1 saturated heterocycles. The maximum atomic E-state index is 13.0. The van der Waals surface area contributed by atoms with Gasteiger partial charge in [0.2, 0.25) is 0 Å². The number of hydrogen-bond acceptors (Lipinski definition) is 8. The maximum absolute atomic E-state index is 13.0. The lowest BCUT2D eigenvalue weighted by Gasteiger charge is -2.61. The number of esters is 1. The number of aliphatic hydroxyl groups is 4. The van der Waals surface area contributed by atoms with Crippen molar-refractivity contribution in [1.29, 1.82) is 0 Å². The lowest BCUT2D eigenvalue weighted by Crippen LogP contribution is -2.64. The summed E-state index contributed by atoms with van der Waals surface area (Å²) in [6.45, 7) is 16.3. The molecular formula is C31H52O8. The molecule has 11 atom stereocenters. The fraction of sp³-hybridized carbons (Fsp3) is 0.839. The summed E-state index contributed by atoms with van der Waals surface area (Å²) in [6.07, 6.45) is 1.04. The number of hydrogen-bond donors (Lipinski definition) is 4. The van der Waals surface area contributed by atoms with E-state index in [1.165, 1.54) is 5.57 Å². The number of allylic oxidation sites excluding steroid dienone is 3. The predicted octanol–water partition coefficient (Wildman–Crippen LogP) is 3.89. The van der Waals surface area contributed by atoms with Gasteiger partial charge < -0.3 is 34.6 Å². The minimum absolute atomic E-state index is 0.185. The molecule has 0 aromatic carbocycles. The fourth-order valence-corrected chi connectivity index (χ4v) is 7.48. The van der Waals surface area contributed by atoms with Gasteiger partial charge in [0.15, 0.2) is 6.29 Å². The minimum atomic E-state index is -1.44. The van der Waals surface area contributed by atoms with Gasteiger partial charge in [-0.05, 0) is 76.5 Å². The Kier molecular flexibility index (Phi) is 10.5. The zero-order chi connectivity index (χ0) is 29.3. The van der Waals surface area contributed by atoms with Gasteiger partial charge >= 0.3 is 5.97 Å². The fourth-order valence-electron chi connectivity index (χ4n) is 7.48. The van der Waals surface area contributed by atoms with Crippen LogP contribution in [-0.4, -0.2) is 75.9 Å². The molecule has 0 aromatic rings. The van der Waals surface area contributed by atoms with Gasteiger partial charge in [-0.1, -0.05) is 51.8 Å². The minimum Gasteiger partial charge on any atom is -0.456 e. The molecule has 2 aliphatic carbocycles. The molecular weight excluding hydrogens is 500 g/mol. The van der Waals surface area contributed by atoms with Crippen LogP contribution in [0, 0.1) is 28.6 Å². The van der Waals surface area contributed by atoms with Crippen molar-refractivity contribution in [1.82, 2.24) is 0 Å². The van der Waals surface area contributed by atoms with E-state index in [0.29, 0.717) is 17.9 Å². The first-order chi connectivity index (χ1) is 18.2. The van der Waals surface area contributed by atoms with Gasteiger partial charge in [0, 0.05) is 17.6 Å². The Bertz CT molecular complexity index is 912. The largest absolute Gasteiger partial charge is 0.456 e. The van der Waals surface area contributed by atoms with Crippen LogP contribution in [0.15, 0.2) is 23.3 Å². The van der Waals surface area contributed by atoms with Crippen molar-refractivity contribution >= 4 is 5.97 Å². The van der Waals surface area contributed by atoms with E-state index in [2.05, 4.69) is 40.7 Å². The molecule has 8 heteroatoms. The van der Waals surface area contributed by atoms with Crippen molar-refractivity contribution in [3.05, 3.63) is 23.3 Å². The smallest absolute Gasteiger partial charge is 0.333 e. The number of ether oxygens (including phenoxy) is 3. The molecule has 11 unspecified atom stereocenters. The second-order valence-electron chi connectivity index (χ2n) is 13.2. The number of carbonyl (C=O) groups excluding carboxylic acids is 1. The highest BCUT2D eigenvalue weighted by molar-refractivity contribution is 5.87. The molecule has 8 nitrogen and oxygen atoms in total. The summed E-state index contributed by atoms with van der Waals surface area (Å²) in [4.78, 5) is 13.0. The summed E-state index contributed by atoms with van der Waals surface area (Å²) in [5, 5.41) is 40.8. The lowest BCUT2D eigenvalue weighted by atomic mass is 9.46. The van der Waals surface area contributed by atoms with Crippen LogP contribution in [0.4, 0.5) is 0 Å². The monoisotopic (exact) mass is 552 g/mol. The summed E-state index contributed by atoms with van der Waals surface area (Å²) in [5.41, 5.74) is 1.19. The first kappa shape index (κ1) is 32.2. The van der Waals surface area contributed by atoms with Gasteiger partial charge in [0.05, 0.1) is 12.2 Å². The normalized spacial score (nSPS) is 41.4. The Morgan fingerprint density at radius 1 is 1.18 bits per heavy atom. The van der Waals surface area contributed by atoms with E-state index in [9.17, 15) is 25.2 Å². The van der Waals surface area contributed by atoms with Crippen LogP contribution in [-0.2, 0) is 19.0 Å². The molecule has 1 heterocycles. The average Bonchev–Trinajstić information content (AvgIpc) is 2.87. The standard InChI is InChI=1S/C31H52O8/c1-9-18(3)28(36)39-27-22(38-29-26(35)25(34)24(33)20(5)37-29)16-31(8)21(12-10-17(2)14-15-32)19(4)11-13-23(31)30(27,6)7/h9,11,17,20-27,29,32-35H,10,12-16H2,1-8H3. The van der Waals surface area contributed by atoms with E-state index in [1.807, 2.05) is 0 Å². The summed E-state index contributed by atoms with van der Waals surface area (Å²) in [7, 11) is 0. The molecule has 224 valence electrons. The topological polar surface area (TPSA) is 126 Å². The second kappa shape index (κ2) is 12.7. The molecule has 1 aliphatic heterocycles. The molecule has 0 aromatic heterocycles. The molecule has 0 bridgehead atoms. The second-order valence-corrected chi connectivity index (χ2v) is 13.2. The number of rotatable bonds is 9. The zero-order valence-electron chi connectivity index (χ0n) is 25.1. The van der Waals surface area contributed by atoms with Crippen molar-refractivity contribution < 1.29 is 39.4 Å². The summed E-state index contributed by atoms with van der Waals surface area (Å²) in [5.74, 6) is 0.492. The Hall–Kier alpha value is -1.29. The van der Waals surface area contributed by atoms with Gasteiger partial charge in [-0.2, -0.15) is 0 Å². The van der Waals surface area contributed by atoms with Gasteiger partial charge in [-0.25, -0.2) is 4.79 Å². The van der Waals surface area contributed by atoms with Crippen LogP contribution >= 0.6 is 0 Å². The van der Waals surface area contributed by atoms with Crippen LogP contribution in [0.5, 0.6) is 0 Å². The summed E-state index contributed by atoms with van der Waals surface area (Å²) in [6, 6.07) is 0. The lowest BCUT2D eigenvalue weighted by molar-refractivity contribution is -0.325. The van der Waals surface area contributed by atoms with E-state index in [-0.39, 0.29) is 23.9 Å². The summed E-state index contributed by atoms with van der Waals surface area (Å²) >= 11 is 0. The highest BCUT2D eigenvalue weighted by Crippen LogP contribution is 2.62. The van der Waals surface area contributed by atoms with Crippen LogP contribution in [0.3, 0.4) is 0 Å². The molecule has 1 saturated carbocycles. The maximum Gasteiger partial charge on any atom is 0.333 e. The average molecular weight is 553 g/mol. The highest BCUT2D eigenvalue weighted by Gasteiger charge is 2.61. The van der Waals surface area contributed by atoms with Gasteiger partial charge in [-0.3, -0.25) is 0 Å². The van der Waals surface area contributed by atoms with Crippen molar-refractivity contribution in [3.8, 4) is 0 Å². The predicted molar refractivity (Wildman–Crippen MR) is 148 cm³/mol. The Balaban J connectivity index is 1.99. The van der Waals surface area contributed by atoms with Crippen molar-refractivity contribution in [2.45, 2.75) is 130 Å². The molecule has 3 rings (SSSR count). The molecule has 0 radical (unpaired) electrons. The Morgan fingerprint density at radius 3 is 2.46 bits per heavy atom. The molecule has 0 spiro atoms. The van der Waals surface area contributed by atoms with Crippen LogP contribution < -0.4 is 0 Å². The van der Waals surface area contributed by atoms with E-state index in [1.54, 1.807) is 26.8 Å². The Labute approximate surface area is 234 Å². The molecule has 4 N–H and O–H groups in total. The number of carbonyl (C=O) groups is 1. The quantitative estimate of drug-likeness (QED) is 0.193. The SMILES string of the molecule is CC=C(C)C(=O)OC1C(OC2OC(C)C(O)C(O)C2O)CC2(C)C(CCC(C)CCO)C(C)=CCC2C1(C)C. The third kappa shape index (κ3) is 6.47. The van der Waals surface area contributed by atoms with Gasteiger partial charge in [0.1, 0.15) is 24.4 Å². The van der Waals surface area contributed by atoms with Crippen LogP contribution in [0.2, 0.25) is 0 Å². The van der Waals surface area contributed by atoms with E-state index in [0.717, 1.165) is 25.7 Å². The molecule has 0 amide bonds. The van der Waals surface area contributed by atoms with Crippen molar-refractivity contribution in [2.75, 3.05) is 6.61 Å². The molecule has 3 aliphatic rings. The van der Waals surface area contributed by atoms with Crippen molar-refractivity contribution in [3.63, 3.8) is 0 Å². The van der Waals surface area contributed by atoms with Gasteiger partial charge in [0.25, 0.3) is 0 Å². The summed E-state index contributed by atoms with van der Waals surface area (Å²) < 4.78 is 18.5. The van der Waals surface area contributed by atoms with E-state index in [4.69, 9.17) is 14.2 Å². The van der Waals surface area contributed by atoms with Crippen LogP contribution in [0.25, 0.3) is 0 Å². The number of fused-ring (bicyclic) bond motifs is 1. The number of aliphatic hydroxyl groups excluding tert-OH is 4. The molecule has 39 heavy (non-hydrogen) atoms. The third-order valence-electron chi connectivity index (χ3n) is 10.1. The molecule has 2 fully saturated rings. The highest BCUT2D eigenvalue weighted by atomic mass is 16.7.